The number of hydrogen-bond acceptors (Lipinski definition) is 6. The van der Waals surface area contributed by atoms with Gasteiger partial charge in [-0.2, -0.15) is 0 Å². The van der Waals surface area contributed by atoms with E-state index in [0.717, 1.165) is 35.2 Å². The Bertz CT molecular complexity index is 857. The third-order valence-corrected chi connectivity index (χ3v) is 4.09. The first kappa shape index (κ1) is 20.6. The third kappa shape index (κ3) is 6.53. The van der Waals surface area contributed by atoms with E-state index < -0.39 is 0 Å². The highest BCUT2D eigenvalue weighted by Crippen LogP contribution is 2.25. The van der Waals surface area contributed by atoms with Crippen molar-refractivity contribution in [1.29, 1.82) is 0 Å². The number of aromatic nitrogens is 1. The Kier molecular flexibility index (Phi) is 8.51. The normalized spacial score (nSPS) is 9.89. The van der Waals surface area contributed by atoms with Crippen molar-refractivity contribution in [3.63, 3.8) is 0 Å². The highest BCUT2D eigenvalue weighted by Gasteiger charge is 2.04. The molecular formula is C21H22N2O3S. The van der Waals surface area contributed by atoms with Crippen molar-refractivity contribution < 1.29 is 14.6 Å². The zero-order valence-electron chi connectivity index (χ0n) is 15.0. The third-order valence-electron chi connectivity index (χ3n) is 3.65. The van der Waals surface area contributed by atoms with Crippen molar-refractivity contribution >= 4 is 18.9 Å². The van der Waals surface area contributed by atoms with Crippen LogP contribution in [-0.4, -0.2) is 23.5 Å². The first-order chi connectivity index (χ1) is 13.2. The van der Waals surface area contributed by atoms with Gasteiger partial charge in [0, 0.05) is 36.9 Å². The van der Waals surface area contributed by atoms with Crippen molar-refractivity contribution in [2.24, 2.45) is 0 Å². The fourth-order valence-electron chi connectivity index (χ4n) is 2.43. The average Bonchev–Trinajstić information content (AvgIpc) is 2.73. The van der Waals surface area contributed by atoms with E-state index in [0.29, 0.717) is 24.4 Å². The molecule has 6 heteroatoms. The quantitative estimate of drug-likeness (QED) is 0.427. The zero-order chi connectivity index (χ0) is 19.5. The van der Waals surface area contributed by atoms with E-state index in [1.54, 1.807) is 18.5 Å². The molecule has 27 heavy (non-hydrogen) atoms. The van der Waals surface area contributed by atoms with Gasteiger partial charge < -0.3 is 15.2 Å². The van der Waals surface area contributed by atoms with Crippen molar-refractivity contribution in [2.75, 3.05) is 7.11 Å². The number of pyridine rings is 1. The van der Waals surface area contributed by atoms with Crippen LogP contribution < -0.4 is 10.1 Å². The number of hydrogen-bond donors (Lipinski definition) is 3. The Labute approximate surface area is 164 Å². The molecule has 0 fully saturated rings. The topological polar surface area (TPSA) is 71.5 Å². The Balaban J connectivity index is 0.00000126. The molecule has 2 N–H and O–H groups in total. The molecule has 0 saturated carbocycles. The van der Waals surface area contributed by atoms with Gasteiger partial charge in [0.1, 0.15) is 17.8 Å². The molecule has 0 atom stereocenters. The van der Waals surface area contributed by atoms with Gasteiger partial charge in [-0.05, 0) is 47.5 Å². The largest absolute Gasteiger partial charge is 0.456 e. The molecule has 140 valence electrons. The molecule has 0 amide bonds. The zero-order valence-corrected chi connectivity index (χ0v) is 15.9. The summed E-state index contributed by atoms with van der Waals surface area (Å²) in [6.45, 7) is 1.32. The summed E-state index contributed by atoms with van der Waals surface area (Å²) in [5, 5.41) is 10.4. The lowest BCUT2D eigenvalue weighted by atomic mass is 10.1. The summed E-state index contributed by atoms with van der Waals surface area (Å²) in [5.41, 5.74) is 2.78. The van der Waals surface area contributed by atoms with Crippen LogP contribution in [0.1, 0.15) is 21.5 Å². The lowest BCUT2D eigenvalue weighted by molar-refractivity contribution is 0.112. The monoisotopic (exact) mass is 382 g/mol. The first-order valence-electron chi connectivity index (χ1n) is 8.34. The molecule has 5 nitrogen and oxygen atoms in total. The molecule has 3 rings (SSSR count). The maximum Gasteiger partial charge on any atom is 0.150 e. The number of carbonyl (C=O) groups excluding carboxylic acids is 1. The van der Waals surface area contributed by atoms with E-state index in [2.05, 4.69) is 22.9 Å². The minimum atomic E-state index is 0.647. The number of aliphatic hydroxyl groups excluding tert-OH is 1. The summed E-state index contributed by atoms with van der Waals surface area (Å²) in [6, 6.07) is 17.0. The van der Waals surface area contributed by atoms with E-state index >= 15 is 0 Å². The maximum absolute atomic E-state index is 10.8. The highest BCUT2D eigenvalue weighted by atomic mass is 32.1. The van der Waals surface area contributed by atoms with Crippen LogP contribution in [0.5, 0.6) is 11.5 Å². The molecule has 0 aliphatic heterocycles. The van der Waals surface area contributed by atoms with Crippen LogP contribution in [0.3, 0.4) is 0 Å². The summed E-state index contributed by atoms with van der Waals surface area (Å²) in [7, 11) is 1.00. The summed E-state index contributed by atoms with van der Waals surface area (Å²) in [4.78, 5) is 15.8. The van der Waals surface area contributed by atoms with Gasteiger partial charge in [0.2, 0.25) is 0 Å². The first-order valence-corrected chi connectivity index (χ1v) is 8.78. The summed E-state index contributed by atoms with van der Waals surface area (Å²) >= 11 is 4.51. The standard InChI is InChI=1S/C20H18N2O2S.CH4O/c23-14-16-4-1-3-15(9-16)11-22-12-17-10-18(6-7-20(17)25)24-19-5-2-8-21-13-19;1-2/h1-10,13-14,22,25H,11-12H2;2H,1H3. The molecule has 0 unspecified atom stereocenters. The average molecular weight is 382 g/mol. The van der Waals surface area contributed by atoms with E-state index in [-0.39, 0.29) is 0 Å². The second-order valence-electron chi connectivity index (χ2n) is 5.55. The van der Waals surface area contributed by atoms with Gasteiger partial charge in [-0.25, -0.2) is 0 Å². The van der Waals surface area contributed by atoms with Crippen molar-refractivity contribution in [2.45, 2.75) is 18.0 Å². The number of aldehydes is 1. The van der Waals surface area contributed by atoms with E-state index in [1.165, 1.54) is 0 Å². The van der Waals surface area contributed by atoms with Crippen molar-refractivity contribution in [1.82, 2.24) is 10.3 Å². The molecule has 0 bridgehead atoms. The van der Waals surface area contributed by atoms with Gasteiger partial charge in [-0.3, -0.25) is 9.78 Å². The molecule has 0 aliphatic rings. The fourth-order valence-corrected chi connectivity index (χ4v) is 2.65. The number of carbonyl (C=O) groups is 1. The SMILES string of the molecule is CO.O=Cc1cccc(CNCc2cc(Oc3cccnc3)ccc2S)c1. The second-order valence-corrected chi connectivity index (χ2v) is 6.03. The van der Waals surface area contributed by atoms with Gasteiger partial charge in [-0.15, -0.1) is 12.6 Å². The van der Waals surface area contributed by atoms with E-state index in [4.69, 9.17) is 9.84 Å². The smallest absolute Gasteiger partial charge is 0.150 e. The van der Waals surface area contributed by atoms with Crippen LogP contribution in [0.25, 0.3) is 0 Å². The van der Waals surface area contributed by atoms with Crippen LogP contribution in [-0.2, 0) is 13.1 Å². The summed E-state index contributed by atoms with van der Waals surface area (Å²) in [5.74, 6) is 1.43. The lowest BCUT2D eigenvalue weighted by Gasteiger charge is -2.11. The second kappa shape index (κ2) is 11.1. The van der Waals surface area contributed by atoms with Crippen LogP contribution >= 0.6 is 12.6 Å². The van der Waals surface area contributed by atoms with Crippen LogP contribution in [0.15, 0.2) is 71.9 Å². The predicted molar refractivity (Wildman–Crippen MR) is 109 cm³/mol. The maximum atomic E-state index is 10.8. The number of benzene rings is 2. The summed E-state index contributed by atoms with van der Waals surface area (Å²) < 4.78 is 5.81. The molecular weight excluding hydrogens is 360 g/mol. The lowest BCUT2D eigenvalue weighted by Crippen LogP contribution is -2.13. The van der Waals surface area contributed by atoms with Gasteiger partial charge in [-0.1, -0.05) is 18.2 Å². The Morgan fingerprint density at radius 2 is 1.93 bits per heavy atom. The van der Waals surface area contributed by atoms with Crippen LogP contribution in [0.2, 0.25) is 0 Å². The number of aliphatic hydroxyl groups is 1. The summed E-state index contributed by atoms with van der Waals surface area (Å²) in [6.07, 6.45) is 4.24. The fraction of sp³-hybridized carbons (Fsp3) is 0.143. The molecule has 1 aromatic heterocycles. The van der Waals surface area contributed by atoms with Crippen molar-refractivity contribution in [3.05, 3.63) is 83.7 Å². The van der Waals surface area contributed by atoms with Gasteiger partial charge in [0.25, 0.3) is 0 Å². The Morgan fingerprint density at radius 1 is 1.07 bits per heavy atom. The minimum absolute atomic E-state index is 0.647. The van der Waals surface area contributed by atoms with Gasteiger partial charge >= 0.3 is 0 Å². The molecule has 0 saturated heterocycles. The van der Waals surface area contributed by atoms with Crippen LogP contribution in [0, 0.1) is 0 Å². The highest BCUT2D eigenvalue weighted by molar-refractivity contribution is 7.80. The molecule has 3 aromatic rings. The molecule has 0 aliphatic carbocycles. The molecule has 1 heterocycles. The molecule has 0 radical (unpaired) electrons. The minimum Gasteiger partial charge on any atom is -0.456 e. The molecule has 0 spiro atoms. The van der Waals surface area contributed by atoms with Gasteiger partial charge in [0.05, 0.1) is 6.20 Å². The number of thiol groups is 1. The van der Waals surface area contributed by atoms with E-state index in [1.807, 2.05) is 48.5 Å². The van der Waals surface area contributed by atoms with E-state index in [9.17, 15) is 4.79 Å². The Morgan fingerprint density at radius 3 is 2.67 bits per heavy atom. The number of nitrogens with one attached hydrogen (secondary N) is 1. The number of ether oxygens (including phenoxy) is 1. The van der Waals surface area contributed by atoms with Crippen molar-refractivity contribution in [3.8, 4) is 11.5 Å². The number of rotatable bonds is 7. The predicted octanol–water partition coefficient (Wildman–Crippen LogP) is 3.87. The Hall–Kier alpha value is -2.67. The number of nitrogens with zero attached hydrogens (tertiary/aromatic N) is 1. The molecule has 2 aromatic carbocycles. The van der Waals surface area contributed by atoms with Gasteiger partial charge in [0.15, 0.2) is 0 Å². The van der Waals surface area contributed by atoms with Crippen LogP contribution in [0.4, 0.5) is 0 Å².